The predicted octanol–water partition coefficient (Wildman–Crippen LogP) is 1.62. The molecule has 2 unspecified atom stereocenters. The van der Waals surface area contributed by atoms with Gasteiger partial charge in [-0.05, 0) is 6.42 Å². The number of halogens is 1. The summed E-state index contributed by atoms with van der Waals surface area (Å²) in [6.07, 6.45) is 0.931. The second-order valence-electron chi connectivity index (χ2n) is 2.99. The van der Waals surface area contributed by atoms with E-state index in [4.69, 9.17) is 4.74 Å². The van der Waals surface area contributed by atoms with Gasteiger partial charge in [-0.2, -0.15) is 0 Å². The second kappa shape index (κ2) is 4.28. The van der Waals surface area contributed by atoms with Crippen molar-refractivity contribution >= 4 is 6.09 Å². The van der Waals surface area contributed by atoms with Crippen molar-refractivity contribution in [3.8, 4) is 0 Å². The summed E-state index contributed by atoms with van der Waals surface area (Å²) in [5.74, 6) is 0. The van der Waals surface area contributed by atoms with Crippen LogP contribution in [0.4, 0.5) is 9.18 Å². The third kappa shape index (κ3) is 3.07. The van der Waals surface area contributed by atoms with Crippen molar-refractivity contribution in [2.24, 2.45) is 0 Å². The number of alkyl halides is 1. The molecule has 1 aliphatic rings. The molecule has 12 heavy (non-hydrogen) atoms. The fraction of sp³-hybridized carbons (Fsp3) is 0.875. The molecule has 0 aromatic rings. The lowest BCUT2D eigenvalue weighted by atomic mass is 10.4. The summed E-state index contributed by atoms with van der Waals surface area (Å²) in [4.78, 5) is 10.8. The Bertz CT molecular complexity index is 163. The number of hydrogen-bond donors (Lipinski definition) is 1. The van der Waals surface area contributed by atoms with E-state index in [1.165, 1.54) is 0 Å². The molecule has 3 nitrogen and oxygen atoms in total. The van der Waals surface area contributed by atoms with Crippen molar-refractivity contribution < 1.29 is 13.9 Å². The van der Waals surface area contributed by atoms with Gasteiger partial charge in [0.2, 0.25) is 0 Å². The fourth-order valence-corrected chi connectivity index (χ4v) is 0.816. The Kier molecular flexibility index (Phi) is 3.31. The Morgan fingerprint density at radius 2 is 2.42 bits per heavy atom. The summed E-state index contributed by atoms with van der Waals surface area (Å²) < 4.78 is 17.0. The molecular weight excluding hydrogens is 161 g/mol. The highest BCUT2D eigenvalue weighted by Gasteiger charge is 2.39. The molecule has 70 valence electrons. The number of nitrogens with one attached hydrogen (secondary N) is 1. The average molecular weight is 175 g/mol. The molecule has 1 N–H and O–H groups in total. The Balaban J connectivity index is 1.97. The zero-order chi connectivity index (χ0) is 8.97. The summed E-state index contributed by atoms with van der Waals surface area (Å²) >= 11 is 0. The molecule has 1 rings (SSSR count). The number of carbonyl (C=O) groups excluding carboxylic acids is 1. The number of rotatable bonds is 4. The standard InChI is InChI=1S/C8H14FNO2/c1-2-3-4-12-8(11)10-7-5-6(7)9/h6-7H,2-5H2,1H3,(H,10,11). The van der Waals surface area contributed by atoms with E-state index < -0.39 is 12.3 Å². The van der Waals surface area contributed by atoms with Crippen LogP contribution in [-0.4, -0.2) is 24.9 Å². The van der Waals surface area contributed by atoms with Gasteiger partial charge in [-0.1, -0.05) is 13.3 Å². The van der Waals surface area contributed by atoms with Crippen LogP contribution in [0.25, 0.3) is 0 Å². The van der Waals surface area contributed by atoms with Gasteiger partial charge in [0, 0.05) is 6.42 Å². The minimum atomic E-state index is -0.858. The van der Waals surface area contributed by atoms with Crippen LogP contribution >= 0.6 is 0 Å². The molecule has 1 fully saturated rings. The van der Waals surface area contributed by atoms with Gasteiger partial charge in [0.05, 0.1) is 12.6 Å². The average Bonchev–Trinajstić information content (AvgIpc) is 2.67. The van der Waals surface area contributed by atoms with E-state index in [9.17, 15) is 9.18 Å². The third-order valence-electron chi connectivity index (χ3n) is 1.75. The lowest BCUT2D eigenvalue weighted by Gasteiger charge is -2.03. The molecule has 0 saturated heterocycles. The first-order valence-electron chi connectivity index (χ1n) is 4.31. The number of unbranched alkanes of at least 4 members (excludes halogenated alkanes) is 1. The summed E-state index contributed by atoms with van der Waals surface area (Å²) in [6.45, 7) is 2.44. The first-order chi connectivity index (χ1) is 5.74. The normalized spacial score (nSPS) is 26.5. The summed E-state index contributed by atoms with van der Waals surface area (Å²) in [7, 11) is 0. The molecule has 4 heteroatoms. The van der Waals surface area contributed by atoms with E-state index >= 15 is 0 Å². The first kappa shape index (κ1) is 9.29. The molecule has 0 aliphatic heterocycles. The first-order valence-corrected chi connectivity index (χ1v) is 4.31. The molecule has 0 aromatic carbocycles. The minimum absolute atomic E-state index is 0.292. The van der Waals surface area contributed by atoms with E-state index in [1.54, 1.807) is 0 Å². The highest BCUT2D eigenvalue weighted by molar-refractivity contribution is 5.68. The smallest absolute Gasteiger partial charge is 0.407 e. The summed E-state index contributed by atoms with van der Waals surface area (Å²) in [5.41, 5.74) is 0. The molecule has 0 bridgehead atoms. The second-order valence-corrected chi connectivity index (χ2v) is 2.99. The van der Waals surface area contributed by atoms with Gasteiger partial charge in [-0.3, -0.25) is 0 Å². The zero-order valence-electron chi connectivity index (χ0n) is 7.18. The van der Waals surface area contributed by atoms with Crippen molar-refractivity contribution in [1.82, 2.24) is 5.32 Å². The van der Waals surface area contributed by atoms with Gasteiger partial charge in [-0.25, -0.2) is 9.18 Å². The molecule has 0 spiro atoms. The number of amides is 1. The largest absolute Gasteiger partial charge is 0.450 e. The van der Waals surface area contributed by atoms with Gasteiger partial charge in [0.15, 0.2) is 0 Å². The monoisotopic (exact) mass is 175 g/mol. The van der Waals surface area contributed by atoms with Crippen molar-refractivity contribution in [3.63, 3.8) is 0 Å². The lowest BCUT2D eigenvalue weighted by molar-refractivity contribution is 0.143. The van der Waals surface area contributed by atoms with E-state index in [0.29, 0.717) is 13.0 Å². The molecule has 1 aliphatic carbocycles. The number of alkyl carbamates (subject to hydrolysis) is 1. The predicted molar refractivity (Wildman–Crippen MR) is 42.7 cm³/mol. The molecule has 0 heterocycles. The van der Waals surface area contributed by atoms with Gasteiger partial charge in [0.1, 0.15) is 6.17 Å². The van der Waals surface area contributed by atoms with Crippen LogP contribution in [0.5, 0.6) is 0 Å². The minimum Gasteiger partial charge on any atom is -0.450 e. The van der Waals surface area contributed by atoms with E-state index in [2.05, 4.69) is 5.32 Å². The van der Waals surface area contributed by atoms with Gasteiger partial charge >= 0.3 is 6.09 Å². The molecule has 1 saturated carbocycles. The van der Waals surface area contributed by atoms with Crippen LogP contribution in [0.3, 0.4) is 0 Å². The topological polar surface area (TPSA) is 38.3 Å². The van der Waals surface area contributed by atoms with E-state index in [0.717, 1.165) is 12.8 Å². The van der Waals surface area contributed by atoms with Crippen molar-refractivity contribution in [1.29, 1.82) is 0 Å². The van der Waals surface area contributed by atoms with E-state index in [1.807, 2.05) is 6.92 Å². The van der Waals surface area contributed by atoms with Crippen molar-refractivity contribution in [2.75, 3.05) is 6.61 Å². The highest BCUT2D eigenvalue weighted by Crippen LogP contribution is 2.24. The molecule has 0 radical (unpaired) electrons. The Hall–Kier alpha value is -0.800. The molecule has 0 aromatic heterocycles. The fourth-order valence-electron chi connectivity index (χ4n) is 0.816. The Labute approximate surface area is 71.3 Å². The maximum absolute atomic E-state index is 12.3. The van der Waals surface area contributed by atoms with Crippen LogP contribution < -0.4 is 5.32 Å². The van der Waals surface area contributed by atoms with E-state index in [-0.39, 0.29) is 6.04 Å². The quantitative estimate of drug-likeness (QED) is 0.659. The Morgan fingerprint density at radius 1 is 1.75 bits per heavy atom. The summed E-state index contributed by atoms with van der Waals surface area (Å²) in [6, 6.07) is -0.292. The molecule has 1 amide bonds. The highest BCUT2D eigenvalue weighted by atomic mass is 19.1. The molecular formula is C8H14FNO2. The maximum Gasteiger partial charge on any atom is 0.407 e. The Morgan fingerprint density at radius 3 is 2.92 bits per heavy atom. The van der Waals surface area contributed by atoms with Gasteiger partial charge < -0.3 is 10.1 Å². The van der Waals surface area contributed by atoms with Gasteiger partial charge in [0.25, 0.3) is 0 Å². The van der Waals surface area contributed by atoms with Crippen LogP contribution in [0.15, 0.2) is 0 Å². The maximum atomic E-state index is 12.3. The van der Waals surface area contributed by atoms with Crippen LogP contribution in [-0.2, 0) is 4.74 Å². The zero-order valence-corrected chi connectivity index (χ0v) is 7.18. The third-order valence-corrected chi connectivity index (χ3v) is 1.75. The SMILES string of the molecule is CCCCOC(=O)NC1CC1F. The van der Waals surface area contributed by atoms with Crippen LogP contribution in [0.1, 0.15) is 26.2 Å². The molecule has 2 atom stereocenters. The summed E-state index contributed by atoms with van der Waals surface area (Å²) in [5, 5.41) is 2.43. The van der Waals surface area contributed by atoms with Crippen molar-refractivity contribution in [3.05, 3.63) is 0 Å². The lowest BCUT2D eigenvalue weighted by Crippen LogP contribution is -2.28. The van der Waals surface area contributed by atoms with Gasteiger partial charge in [-0.15, -0.1) is 0 Å². The van der Waals surface area contributed by atoms with Crippen molar-refractivity contribution in [2.45, 2.75) is 38.4 Å². The number of carbonyl (C=O) groups is 1. The number of ether oxygens (including phenoxy) is 1. The number of hydrogen-bond acceptors (Lipinski definition) is 2. The van der Waals surface area contributed by atoms with Crippen LogP contribution in [0, 0.1) is 0 Å². The van der Waals surface area contributed by atoms with Crippen LogP contribution in [0.2, 0.25) is 0 Å².